The summed E-state index contributed by atoms with van der Waals surface area (Å²) in [5.41, 5.74) is 4.89. The van der Waals surface area contributed by atoms with Gasteiger partial charge >= 0.3 is 0 Å². The third-order valence-electron chi connectivity index (χ3n) is 4.90. The number of rotatable bonds is 5. The summed E-state index contributed by atoms with van der Waals surface area (Å²) in [5.74, 6) is -0.220. The molecule has 0 aliphatic rings. The van der Waals surface area contributed by atoms with Crippen LogP contribution in [0.5, 0.6) is 0 Å². The summed E-state index contributed by atoms with van der Waals surface area (Å²) in [4.78, 5) is 20.3. The number of carbonyl (C=O) groups is 1. The molecule has 0 atom stereocenters. The molecule has 4 aromatic heterocycles. The third kappa shape index (κ3) is 3.46. The van der Waals surface area contributed by atoms with Crippen LogP contribution in [0, 0.1) is 0 Å². The van der Waals surface area contributed by atoms with Gasteiger partial charge in [-0.1, -0.05) is 30.3 Å². The number of amides is 1. The molecule has 0 spiro atoms. The number of aryl methyl sites for hydroxylation is 1. The largest absolute Gasteiger partial charge is 0.344 e. The van der Waals surface area contributed by atoms with Crippen LogP contribution < -0.4 is 5.32 Å². The van der Waals surface area contributed by atoms with Gasteiger partial charge in [-0.15, -0.1) is 0 Å². The summed E-state index contributed by atoms with van der Waals surface area (Å²) in [7, 11) is 1.87. The highest BCUT2D eigenvalue weighted by molar-refractivity contribution is 6.08. The number of carbonyl (C=O) groups excluding carboxylic acids is 1. The first-order chi connectivity index (χ1) is 14.7. The Labute approximate surface area is 172 Å². The number of aromatic amines is 1. The first kappa shape index (κ1) is 17.9. The molecule has 8 nitrogen and oxygen atoms in total. The molecule has 0 bridgehead atoms. The van der Waals surface area contributed by atoms with Crippen molar-refractivity contribution in [2.24, 2.45) is 7.05 Å². The number of aromatic nitrogens is 6. The van der Waals surface area contributed by atoms with Gasteiger partial charge in [0.2, 0.25) is 0 Å². The van der Waals surface area contributed by atoms with Gasteiger partial charge in [-0.05, 0) is 11.6 Å². The van der Waals surface area contributed by atoms with Crippen molar-refractivity contribution in [3.63, 3.8) is 0 Å². The van der Waals surface area contributed by atoms with E-state index < -0.39 is 0 Å². The molecule has 1 aromatic carbocycles. The van der Waals surface area contributed by atoms with Gasteiger partial charge in [-0.25, -0.2) is 4.98 Å². The lowest BCUT2D eigenvalue weighted by molar-refractivity contribution is 0.102. The maximum Gasteiger partial charge on any atom is 0.258 e. The zero-order valence-electron chi connectivity index (χ0n) is 16.3. The molecule has 0 radical (unpaired) electrons. The Balaban J connectivity index is 1.37. The molecule has 0 aliphatic carbocycles. The minimum Gasteiger partial charge on any atom is -0.344 e. The zero-order chi connectivity index (χ0) is 20.5. The Morgan fingerprint density at radius 2 is 1.93 bits per heavy atom. The number of nitrogens with one attached hydrogen (secondary N) is 2. The van der Waals surface area contributed by atoms with Crippen molar-refractivity contribution in [2.45, 2.75) is 6.54 Å². The Hall–Kier alpha value is -4.20. The Morgan fingerprint density at radius 1 is 1.07 bits per heavy atom. The molecule has 0 fully saturated rings. The standard InChI is InChI=1S/C22H19N7O/c1-28-13-17(9-25-28)16-7-19-20(11-24-21(19)23-8-16)27-22(30)18-10-26-29(14-18)12-15-5-3-2-4-6-15/h2-11,13-14H,12H2,1H3,(H,23,24)(H,27,30). The second-order valence-corrected chi connectivity index (χ2v) is 7.09. The lowest BCUT2D eigenvalue weighted by Crippen LogP contribution is -2.11. The van der Waals surface area contributed by atoms with Crippen molar-refractivity contribution in [1.29, 1.82) is 0 Å². The van der Waals surface area contributed by atoms with Gasteiger partial charge in [-0.2, -0.15) is 10.2 Å². The van der Waals surface area contributed by atoms with E-state index in [2.05, 4.69) is 25.5 Å². The molecule has 2 N–H and O–H groups in total. The van der Waals surface area contributed by atoms with Gasteiger partial charge in [0.1, 0.15) is 5.65 Å². The number of benzene rings is 1. The number of pyridine rings is 1. The predicted molar refractivity (Wildman–Crippen MR) is 114 cm³/mol. The molecular weight excluding hydrogens is 378 g/mol. The van der Waals surface area contributed by atoms with E-state index >= 15 is 0 Å². The maximum atomic E-state index is 12.8. The number of anilines is 1. The Bertz CT molecular complexity index is 1330. The average Bonchev–Trinajstić information content (AvgIpc) is 3.49. The number of hydrogen-bond donors (Lipinski definition) is 2. The number of H-pyrrole nitrogens is 1. The Kier molecular flexibility index (Phi) is 4.36. The highest BCUT2D eigenvalue weighted by atomic mass is 16.1. The number of hydrogen-bond acceptors (Lipinski definition) is 4. The van der Waals surface area contributed by atoms with Crippen LogP contribution in [0.4, 0.5) is 5.69 Å². The van der Waals surface area contributed by atoms with Crippen molar-refractivity contribution in [1.82, 2.24) is 29.5 Å². The van der Waals surface area contributed by atoms with E-state index in [-0.39, 0.29) is 5.91 Å². The lowest BCUT2D eigenvalue weighted by atomic mass is 10.1. The van der Waals surface area contributed by atoms with E-state index in [0.29, 0.717) is 23.4 Å². The van der Waals surface area contributed by atoms with E-state index in [1.807, 2.05) is 49.6 Å². The molecule has 0 unspecified atom stereocenters. The monoisotopic (exact) mass is 397 g/mol. The number of fused-ring (bicyclic) bond motifs is 1. The smallest absolute Gasteiger partial charge is 0.258 e. The molecule has 5 rings (SSSR count). The van der Waals surface area contributed by atoms with E-state index in [1.54, 1.807) is 40.3 Å². The molecule has 0 saturated carbocycles. The van der Waals surface area contributed by atoms with Crippen LogP contribution in [0.25, 0.3) is 22.2 Å². The van der Waals surface area contributed by atoms with Crippen LogP contribution >= 0.6 is 0 Å². The normalized spacial score (nSPS) is 11.1. The zero-order valence-corrected chi connectivity index (χ0v) is 16.3. The van der Waals surface area contributed by atoms with Crippen LogP contribution in [-0.2, 0) is 13.6 Å². The summed E-state index contributed by atoms with van der Waals surface area (Å²) in [5, 5.41) is 12.3. The van der Waals surface area contributed by atoms with Gasteiger partial charge in [0.25, 0.3) is 5.91 Å². The molecule has 0 aliphatic heterocycles. The molecule has 0 saturated heterocycles. The Morgan fingerprint density at radius 3 is 2.73 bits per heavy atom. The van der Waals surface area contributed by atoms with Crippen molar-refractivity contribution in [3.05, 3.63) is 84.7 Å². The quantitative estimate of drug-likeness (QED) is 0.475. The summed E-state index contributed by atoms with van der Waals surface area (Å²) >= 11 is 0. The second-order valence-electron chi connectivity index (χ2n) is 7.09. The van der Waals surface area contributed by atoms with E-state index in [1.165, 1.54) is 0 Å². The van der Waals surface area contributed by atoms with Gasteiger partial charge in [-0.3, -0.25) is 14.2 Å². The lowest BCUT2D eigenvalue weighted by Gasteiger charge is -2.03. The predicted octanol–water partition coefficient (Wildman–Crippen LogP) is 3.46. The fourth-order valence-corrected chi connectivity index (χ4v) is 3.37. The minimum absolute atomic E-state index is 0.220. The van der Waals surface area contributed by atoms with Crippen molar-refractivity contribution < 1.29 is 4.79 Å². The summed E-state index contributed by atoms with van der Waals surface area (Å²) in [6, 6.07) is 12.0. The van der Waals surface area contributed by atoms with Gasteiger partial charge < -0.3 is 10.3 Å². The van der Waals surface area contributed by atoms with Gasteiger partial charge in [0.15, 0.2) is 0 Å². The molecule has 148 valence electrons. The maximum absolute atomic E-state index is 12.8. The molecule has 30 heavy (non-hydrogen) atoms. The summed E-state index contributed by atoms with van der Waals surface area (Å²) in [6.45, 7) is 0.611. The van der Waals surface area contributed by atoms with Crippen molar-refractivity contribution in [3.8, 4) is 11.1 Å². The van der Waals surface area contributed by atoms with E-state index in [9.17, 15) is 4.79 Å². The van der Waals surface area contributed by atoms with Crippen LogP contribution in [0.3, 0.4) is 0 Å². The molecule has 5 aromatic rings. The minimum atomic E-state index is -0.220. The fourth-order valence-electron chi connectivity index (χ4n) is 3.37. The van der Waals surface area contributed by atoms with Crippen LogP contribution in [0.1, 0.15) is 15.9 Å². The SMILES string of the molecule is Cn1cc(-c2cnc3[nH]cc(NC(=O)c4cnn(Cc5ccccc5)c4)c3c2)cn1. The molecule has 8 heteroatoms. The molecule has 1 amide bonds. The molecular formula is C22H19N7O. The van der Waals surface area contributed by atoms with Crippen LogP contribution in [0.15, 0.2) is 73.6 Å². The first-order valence-corrected chi connectivity index (χ1v) is 9.49. The third-order valence-corrected chi connectivity index (χ3v) is 4.90. The highest BCUT2D eigenvalue weighted by Gasteiger charge is 2.14. The van der Waals surface area contributed by atoms with E-state index in [0.717, 1.165) is 22.1 Å². The second kappa shape index (κ2) is 7.32. The van der Waals surface area contributed by atoms with Crippen LogP contribution in [-0.4, -0.2) is 35.4 Å². The summed E-state index contributed by atoms with van der Waals surface area (Å²) in [6.07, 6.45) is 10.6. The topological polar surface area (TPSA) is 93.4 Å². The fraction of sp³-hybridized carbons (Fsp3) is 0.0909. The van der Waals surface area contributed by atoms with Gasteiger partial charge in [0, 0.05) is 48.3 Å². The van der Waals surface area contributed by atoms with Crippen molar-refractivity contribution in [2.75, 3.05) is 5.32 Å². The van der Waals surface area contributed by atoms with Gasteiger partial charge in [0.05, 0.1) is 30.2 Å². The molecule has 4 heterocycles. The highest BCUT2D eigenvalue weighted by Crippen LogP contribution is 2.27. The number of nitrogens with zero attached hydrogens (tertiary/aromatic N) is 5. The first-order valence-electron chi connectivity index (χ1n) is 9.49. The van der Waals surface area contributed by atoms with Crippen LogP contribution in [0.2, 0.25) is 0 Å². The van der Waals surface area contributed by atoms with E-state index in [4.69, 9.17) is 0 Å². The van der Waals surface area contributed by atoms with Crippen molar-refractivity contribution >= 4 is 22.6 Å². The summed E-state index contributed by atoms with van der Waals surface area (Å²) < 4.78 is 3.49. The average molecular weight is 397 g/mol.